The zero-order chi connectivity index (χ0) is 18.5. The predicted octanol–water partition coefficient (Wildman–Crippen LogP) is 4.02. The van der Waals surface area contributed by atoms with Crippen molar-refractivity contribution in [2.75, 3.05) is 5.32 Å². The molecular formula is C20H17FN4O. The Kier molecular flexibility index (Phi) is 5.12. The number of anilines is 1. The first kappa shape index (κ1) is 17.4. The summed E-state index contributed by atoms with van der Waals surface area (Å²) in [6.07, 6.45) is 8.10. The number of pyridine rings is 1. The Hall–Kier alpha value is -3.41. The van der Waals surface area contributed by atoms with Gasteiger partial charge in [0.1, 0.15) is 5.82 Å². The smallest absolute Gasteiger partial charge is 0.258 e. The number of allylic oxidation sites excluding steroid dienone is 1. The van der Waals surface area contributed by atoms with Crippen LogP contribution in [0.5, 0.6) is 0 Å². The fourth-order valence-corrected chi connectivity index (χ4v) is 2.51. The molecule has 1 amide bonds. The molecule has 6 heteroatoms. The highest BCUT2D eigenvalue weighted by Crippen LogP contribution is 2.22. The molecule has 0 radical (unpaired) electrons. The highest BCUT2D eigenvalue weighted by Gasteiger charge is 2.11. The number of carbonyl (C=O) groups excluding carboxylic acids is 1. The lowest BCUT2D eigenvalue weighted by atomic mass is 10.0. The normalized spacial score (nSPS) is 11.3. The van der Waals surface area contributed by atoms with Gasteiger partial charge in [-0.1, -0.05) is 18.2 Å². The monoisotopic (exact) mass is 348 g/mol. The van der Waals surface area contributed by atoms with E-state index in [0.29, 0.717) is 17.1 Å². The first-order valence-corrected chi connectivity index (χ1v) is 8.05. The van der Waals surface area contributed by atoms with Crippen molar-refractivity contribution in [2.45, 2.75) is 13.8 Å². The standard InChI is InChI=1S/C20H17FN4O/c1-3-16(14-4-6-15(21)7-5-14)18-11-24-19(12-23-18)25-20(26)17-10-22-9-8-13(17)2/h3-12H,1-2H3,(H,24,25,26)/b16-3-. The van der Waals surface area contributed by atoms with E-state index in [-0.39, 0.29) is 11.7 Å². The van der Waals surface area contributed by atoms with Crippen LogP contribution in [0.3, 0.4) is 0 Å². The minimum atomic E-state index is -0.293. The van der Waals surface area contributed by atoms with Gasteiger partial charge in [0.2, 0.25) is 0 Å². The molecule has 0 saturated carbocycles. The molecule has 1 N–H and O–H groups in total. The number of benzene rings is 1. The van der Waals surface area contributed by atoms with E-state index in [4.69, 9.17) is 0 Å². The summed E-state index contributed by atoms with van der Waals surface area (Å²) in [6, 6.07) is 7.94. The average molecular weight is 348 g/mol. The fourth-order valence-electron chi connectivity index (χ4n) is 2.51. The molecule has 3 aromatic rings. The van der Waals surface area contributed by atoms with Crippen LogP contribution in [-0.2, 0) is 0 Å². The summed E-state index contributed by atoms with van der Waals surface area (Å²) in [5.74, 6) is -0.238. The van der Waals surface area contributed by atoms with Gasteiger partial charge in [0.15, 0.2) is 5.82 Å². The van der Waals surface area contributed by atoms with Crippen molar-refractivity contribution in [1.29, 1.82) is 0 Å². The summed E-state index contributed by atoms with van der Waals surface area (Å²) in [7, 11) is 0. The van der Waals surface area contributed by atoms with Crippen molar-refractivity contribution < 1.29 is 9.18 Å². The maximum Gasteiger partial charge on any atom is 0.258 e. The molecule has 0 saturated heterocycles. The van der Waals surface area contributed by atoms with Crippen molar-refractivity contribution >= 4 is 17.3 Å². The Morgan fingerprint density at radius 1 is 1.08 bits per heavy atom. The molecule has 0 atom stereocenters. The van der Waals surface area contributed by atoms with Gasteiger partial charge in [0, 0.05) is 18.0 Å². The lowest BCUT2D eigenvalue weighted by Crippen LogP contribution is -2.15. The molecule has 0 aliphatic carbocycles. The van der Waals surface area contributed by atoms with Crippen LogP contribution in [0.1, 0.15) is 34.1 Å². The molecule has 0 aliphatic rings. The number of halogens is 1. The van der Waals surface area contributed by atoms with Crippen molar-refractivity contribution in [1.82, 2.24) is 15.0 Å². The molecule has 130 valence electrons. The first-order chi connectivity index (χ1) is 12.6. The van der Waals surface area contributed by atoms with Gasteiger partial charge in [-0.25, -0.2) is 9.37 Å². The summed E-state index contributed by atoms with van der Waals surface area (Å²) in [4.78, 5) is 24.9. The number of nitrogens with one attached hydrogen (secondary N) is 1. The molecule has 26 heavy (non-hydrogen) atoms. The Balaban J connectivity index is 1.79. The minimum absolute atomic E-state index is 0.289. The van der Waals surface area contributed by atoms with Crippen LogP contribution in [0.2, 0.25) is 0 Å². The number of hydrogen-bond acceptors (Lipinski definition) is 4. The zero-order valence-electron chi connectivity index (χ0n) is 14.4. The van der Waals surface area contributed by atoms with E-state index >= 15 is 0 Å². The molecule has 0 spiro atoms. The van der Waals surface area contributed by atoms with E-state index in [0.717, 1.165) is 16.7 Å². The van der Waals surface area contributed by atoms with Gasteiger partial charge in [-0.2, -0.15) is 0 Å². The highest BCUT2D eigenvalue weighted by atomic mass is 19.1. The molecule has 1 aromatic carbocycles. The Morgan fingerprint density at radius 3 is 2.46 bits per heavy atom. The highest BCUT2D eigenvalue weighted by molar-refractivity contribution is 6.04. The lowest BCUT2D eigenvalue weighted by Gasteiger charge is -2.09. The van der Waals surface area contributed by atoms with Crippen LogP contribution in [-0.4, -0.2) is 20.9 Å². The number of nitrogens with zero attached hydrogens (tertiary/aromatic N) is 3. The predicted molar refractivity (Wildman–Crippen MR) is 98.1 cm³/mol. The van der Waals surface area contributed by atoms with E-state index < -0.39 is 0 Å². The lowest BCUT2D eigenvalue weighted by molar-refractivity contribution is 0.102. The van der Waals surface area contributed by atoms with E-state index in [1.54, 1.807) is 30.6 Å². The van der Waals surface area contributed by atoms with Crippen LogP contribution in [0.15, 0.2) is 61.2 Å². The van der Waals surface area contributed by atoms with Crippen LogP contribution in [0.4, 0.5) is 10.2 Å². The Bertz CT molecular complexity index is 950. The molecule has 2 heterocycles. The molecule has 0 aliphatic heterocycles. The maximum atomic E-state index is 13.1. The van der Waals surface area contributed by atoms with E-state index in [1.165, 1.54) is 24.5 Å². The van der Waals surface area contributed by atoms with E-state index in [9.17, 15) is 9.18 Å². The number of aromatic nitrogens is 3. The maximum absolute atomic E-state index is 13.1. The molecule has 3 rings (SSSR count). The van der Waals surface area contributed by atoms with E-state index in [1.807, 2.05) is 19.9 Å². The first-order valence-electron chi connectivity index (χ1n) is 8.05. The molecular weight excluding hydrogens is 331 g/mol. The number of carbonyl (C=O) groups is 1. The number of rotatable bonds is 4. The van der Waals surface area contributed by atoms with Gasteiger partial charge in [0.05, 0.1) is 23.7 Å². The second-order valence-electron chi connectivity index (χ2n) is 5.64. The van der Waals surface area contributed by atoms with Crippen LogP contribution in [0, 0.1) is 12.7 Å². The number of amides is 1. The molecule has 2 aromatic heterocycles. The third-order valence-electron chi connectivity index (χ3n) is 3.90. The Morgan fingerprint density at radius 2 is 1.85 bits per heavy atom. The molecule has 0 fully saturated rings. The second-order valence-corrected chi connectivity index (χ2v) is 5.64. The third kappa shape index (κ3) is 3.80. The molecule has 5 nitrogen and oxygen atoms in total. The van der Waals surface area contributed by atoms with Crippen LogP contribution >= 0.6 is 0 Å². The zero-order valence-corrected chi connectivity index (χ0v) is 14.4. The quantitative estimate of drug-likeness (QED) is 0.773. The average Bonchev–Trinajstić information content (AvgIpc) is 2.65. The van der Waals surface area contributed by atoms with Gasteiger partial charge >= 0.3 is 0 Å². The van der Waals surface area contributed by atoms with Crippen molar-refractivity contribution in [2.24, 2.45) is 0 Å². The second kappa shape index (κ2) is 7.65. The summed E-state index contributed by atoms with van der Waals surface area (Å²) >= 11 is 0. The summed E-state index contributed by atoms with van der Waals surface area (Å²) < 4.78 is 13.1. The van der Waals surface area contributed by atoms with Gasteiger partial charge < -0.3 is 5.32 Å². The summed E-state index contributed by atoms with van der Waals surface area (Å²) in [6.45, 7) is 3.72. The fraction of sp³-hybridized carbons (Fsp3) is 0.100. The Labute approximate surface area is 150 Å². The largest absolute Gasteiger partial charge is 0.305 e. The van der Waals surface area contributed by atoms with Crippen molar-refractivity contribution in [3.05, 3.63) is 89.4 Å². The van der Waals surface area contributed by atoms with Gasteiger partial charge in [-0.05, 0) is 43.2 Å². The number of aryl methyl sites for hydroxylation is 1. The van der Waals surface area contributed by atoms with Gasteiger partial charge in [-0.3, -0.25) is 14.8 Å². The summed E-state index contributed by atoms with van der Waals surface area (Å²) in [5.41, 5.74) is 3.62. The van der Waals surface area contributed by atoms with Gasteiger partial charge in [0.25, 0.3) is 5.91 Å². The van der Waals surface area contributed by atoms with E-state index in [2.05, 4.69) is 20.3 Å². The number of hydrogen-bond donors (Lipinski definition) is 1. The minimum Gasteiger partial charge on any atom is -0.305 e. The SMILES string of the molecule is C/C=C(/c1ccc(F)cc1)c1cnc(NC(=O)c2cnccc2C)cn1. The molecule has 0 unspecified atom stereocenters. The van der Waals surface area contributed by atoms with Crippen molar-refractivity contribution in [3.63, 3.8) is 0 Å². The topological polar surface area (TPSA) is 67.8 Å². The van der Waals surface area contributed by atoms with Crippen LogP contribution < -0.4 is 5.32 Å². The van der Waals surface area contributed by atoms with Gasteiger partial charge in [-0.15, -0.1) is 0 Å². The van der Waals surface area contributed by atoms with Crippen LogP contribution in [0.25, 0.3) is 5.57 Å². The summed E-state index contributed by atoms with van der Waals surface area (Å²) in [5, 5.41) is 2.71. The molecule has 0 bridgehead atoms. The third-order valence-corrected chi connectivity index (χ3v) is 3.90. The van der Waals surface area contributed by atoms with Crippen molar-refractivity contribution in [3.8, 4) is 0 Å².